The molecule has 1 unspecified atom stereocenters. The van der Waals surface area contributed by atoms with Crippen molar-refractivity contribution >= 4 is 29.3 Å². The molecule has 7 heteroatoms. The molecule has 3 rings (SSSR count). The Morgan fingerprint density at radius 1 is 1.15 bits per heavy atom. The maximum Gasteiger partial charge on any atom is 0.264 e. The maximum absolute atomic E-state index is 12.3. The van der Waals surface area contributed by atoms with Gasteiger partial charge in [-0.1, -0.05) is 6.07 Å². The number of likely N-dealkylation sites (tertiary alicyclic amines) is 1. The Labute approximate surface area is 113 Å². The highest BCUT2D eigenvalue weighted by atomic mass is 16.2. The van der Waals surface area contributed by atoms with Crippen LogP contribution in [-0.4, -0.2) is 46.5 Å². The van der Waals surface area contributed by atoms with Crippen molar-refractivity contribution in [2.24, 2.45) is 0 Å². The second kappa shape index (κ2) is 3.89. The molecule has 0 radical (unpaired) electrons. The lowest BCUT2D eigenvalue weighted by Gasteiger charge is -2.19. The second-order valence-electron chi connectivity index (χ2n) is 4.76. The fourth-order valence-electron chi connectivity index (χ4n) is 2.55. The number of hydrogen-bond donors (Lipinski definition) is 1. The number of rotatable bonds is 1. The van der Waals surface area contributed by atoms with E-state index in [1.54, 1.807) is 6.07 Å². The highest BCUT2D eigenvalue weighted by Gasteiger charge is 2.49. The second-order valence-corrected chi connectivity index (χ2v) is 4.76. The highest BCUT2D eigenvalue weighted by Crippen LogP contribution is 2.31. The Hall–Kier alpha value is -2.70. The summed E-state index contributed by atoms with van der Waals surface area (Å²) in [5.41, 5.74) is 6.18. The molecule has 1 saturated heterocycles. The van der Waals surface area contributed by atoms with Gasteiger partial charge in [0.2, 0.25) is 5.91 Å². The van der Waals surface area contributed by atoms with E-state index in [0.717, 1.165) is 9.80 Å². The van der Waals surface area contributed by atoms with Crippen LogP contribution in [0.15, 0.2) is 18.2 Å². The van der Waals surface area contributed by atoms with Crippen LogP contribution in [0, 0.1) is 0 Å². The number of benzene rings is 1. The first-order chi connectivity index (χ1) is 9.43. The standard InChI is InChI=1S/C13H11N3O4/c1-15-9(17)5-8(12(15)19)16-11(18)6-3-2-4-7(14)10(6)13(16)20/h2-4,8H,5,14H2,1H3. The molecule has 0 spiro atoms. The van der Waals surface area contributed by atoms with Crippen molar-refractivity contribution in [3.8, 4) is 0 Å². The Morgan fingerprint density at radius 3 is 2.40 bits per heavy atom. The number of anilines is 1. The smallest absolute Gasteiger partial charge is 0.264 e. The molecule has 2 aliphatic heterocycles. The fourth-order valence-corrected chi connectivity index (χ4v) is 2.55. The zero-order valence-corrected chi connectivity index (χ0v) is 10.6. The zero-order valence-electron chi connectivity index (χ0n) is 10.6. The lowest BCUT2D eigenvalue weighted by atomic mass is 10.1. The quantitative estimate of drug-likeness (QED) is 0.555. The van der Waals surface area contributed by atoms with Crippen molar-refractivity contribution in [2.75, 3.05) is 12.8 Å². The van der Waals surface area contributed by atoms with Crippen molar-refractivity contribution in [3.05, 3.63) is 29.3 Å². The fraction of sp³-hybridized carbons (Fsp3) is 0.231. The van der Waals surface area contributed by atoms with Crippen molar-refractivity contribution in [1.82, 2.24) is 9.80 Å². The van der Waals surface area contributed by atoms with Gasteiger partial charge in [-0.3, -0.25) is 29.0 Å². The van der Waals surface area contributed by atoms with Crippen LogP contribution in [0.4, 0.5) is 5.69 Å². The molecular weight excluding hydrogens is 262 g/mol. The average molecular weight is 273 g/mol. The van der Waals surface area contributed by atoms with Crippen molar-refractivity contribution < 1.29 is 19.2 Å². The summed E-state index contributed by atoms with van der Waals surface area (Å²) in [5.74, 6) is -2.17. The van der Waals surface area contributed by atoms with E-state index in [4.69, 9.17) is 5.73 Å². The molecule has 1 aromatic rings. The minimum absolute atomic E-state index is 0.104. The van der Waals surface area contributed by atoms with Crippen LogP contribution >= 0.6 is 0 Å². The van der Waals surface area contributed by atoms with Crippen LogP contribution in [0.2, 0.25) is 0 Å². The van der Waals surface area contributed by atoms with Gasteiger partial charge in [-0.25, -0.2) is 0 Å². The van der Waals surface area contributed by atoms with E-state index in [0.29, 0.717) is 0 Å². The number of amides is 4. The molecule has 0 aliphatic carbocycles. The summed E-state index contributed by atoms with van der Waals surface area (Å²) < 4.78 is 0. The van der Waals surface area contributed by atoms with Gasteiger partial charge in [0.05, 0.1) is 17.5 Å². The zero-order chi connectivity index (χ0) is 14.6. The van der Waals surface area contributed by atoms with Crippen LogP contribution in [-0.2, 0) is 9.59 Å². The van der Waals surface area contributed by atoms with E-state index in [9.17, 15) is 19.2 Å². The number of fused-ring (bicyclic) bond motifs is 1. The third-order valence-corrected chi connectivity index (χ3v) is 3.65. The summed E-state index contributed by atoms with van der Waals surface area (Å²) in [4.78, 5) is 49.8. The van der Waals surface area contributed by atoms with Crippen LogP contribution < -0.4 is 5.73 Å². The Balaban J connectivity index is 2.05. The van der Waals surface area contributed by atoms with Gasteiger partial charge in [0.25, 0.3) is 17.7 Å². The molecule has 2 N–H and O–H groups in total. The van der Waals surface area contributed by atoms with Crippen molar-refractivity contribution in [2.45, 2.75) is 12.5 Å². The molecular formula is C13H11N3O4. The predicted octanol–water partition coefficient (Wildman–Crippen LogP) is -0.378. The highest BCUT2D eigenvalue weighted by molar-refractivity contribution is 6.26. The molecule has 102 valence electrons. The van der Waals surface area contributed by atoms with Gasteiger partial charge in [0, 0.05) is 12.7 Å². The summed E-state index contributed by atoms with van der Waals surface area (Å²) >= 11 is 0. The normalized spacial score (nSPS) is 21.9. The van der Waals surface area contributed by atoms with E-state index in [1.165, 1.54) is 19.2 Å². The summed E-state index contributed by atoms with van der Waals surface area (Å²) in [5, 5.41) is 0. The lowest BCUT2D eigenvalue weighted by molar-refractivity contribution is -0.137. The first-order valence-electron chi connectivity index (χ1n) is 6.00. The van der Waals surface area contributed by atoms with E-state index in [1.807, 2.05) is 0 Å². The monoisotopic (exact) mass is 273 g/mol. The molecule has 0 bridgehead atoms. The minimum Gasteiger partial charge on any atom is -0.398 e. The van der Waals surface area contributed by atoms with E-state index >= 15 is 0 Å². The minimum atomic E-state index is -1.07. The number of nitrogen functional groups attached to an aromatic ring is 1. The first-order valence-corrected chi connectivity index (χ1v) is 6.00. The number of carbonyl (C=O) groups is 4. The molecule has 7 nitrogen and oxygen atoms in total. The van der Waals surface area contributed by atoms with Crippen LogP contribution in [0.1, 0.15) is 27.1 Å². The molecule has 1 fully saturated rings. The summed E-state index contributed by atoms with van der Waals surface area (Å²) in [7, 11) is 1.33. The Morgan fingerprint density at radius 2 is 1.85 bits per heavy atom. The summed E-state index contributed by atoms with van der Waals surface area (Å²) in [6, 6.07) is 3.49. The molecule has 0 aromatic heterocycles. The van der Waals surface area contributed by atoms with Crippen molar-refractivity contribution in [1.29, 1.82) is 0 Å². The van der Waals surface area contributed by atoms with Gasteiger partial charge in [0.1, 0.15) is 6.04 Å². The average Bonchev–Trinajstić information content (AvgIpc) is 2.81. The summed E-state index contributed by atoms with van der Waals surface area (Å²) in [6.07, 6.45) is -0.180. The third-order valence-electron chi connectivity index (χ3n) is 3.65. The van der Waals surface area contributed by atoms with E-state index in [2.05, 4.69) is 0 Å². The van der Waals surface area contributed by atoms with Crippen LogP contribution in [0.5, 0.6) is 0 Å². The molecule has 1 aromatic carbocycles. The van der Waals surface area contributed by atoms with Gasteiger partial charge >= 0.3 is 0 Å². The summed E-state index contributed by atoms with van der Waals surface area (Å²) in [6.45, 7) is 0. The van der Waals surface area contributed by atoms with Gasteiger partial charge in [-0.05, 0) is 12.1 Å². The Kier molecular flexibility index (Phi) is 2.40. The lowest BCUT2D eigenvalue weighted by Crippen LogP contribution is -2.44. The van der Waals surface area contributed by atoms with E-state index in [-0.39, 0.29) is 23.2 Å². The molecule has 1 atom stereocenters. The van der Waals surface area contributed by atoms with Gasteiger partial charge < -0.3 is 5.73 Å². The molecule has 2 heterocycles. The van der Waals surface area contributed by atoms with Gasteiger partial charge in [-0.15, -0.1) is 0 Å². The number of likely N-dealkylation sites (N-methyl/N-ethyl adjacent to an activating group) is 1. The number of imide groups is 2. The molecule has 20 heavy (non-hydrogen) atoms. The first kappa shape index (κ1) is 12.3. The predicted molar refractivity (Wildman–Crippen MR) is 67.5 cm³/mol. The molecule has 0 saturated carbocycles. The van der Waals surface area contributed by atoms with Crippen molar-refractivity contribution in [3.63, 3.8) is 0 Å². The van der Waals surface area contributed by atoms with Crippen LogP contribution in [0.3, 0.4) is 0 Å². The topological polar surface area (TPSA) is 101 Å². The SMILES string of the molecule is CN1C(=O)CC(N2C(=O)c3cccc(N)c3C2=O)C1=O. The molecule has 2 aliphatic rings. The van der Waals surface area contributed by atoms with Crippen LogP contribution in [0.25, 0.3) is 0 Å². The number of nitrogens with two attached hydrogens (primary N) is 1. The number of carbonyl (C=O) groups excluding carboxylic acids is 4. The van der Waals surface area contributed by atoms with Gasteiger partial charge in [-0.2, -0.15) is 0 Å². The number of nitrogens with zero attached hydrogens (tertiary/aromatic N) is 2. The van der Waals surface area contributed by atoms with E-state index < -0.39 is 29.7 Å². The molecule has 4 amide bonds. The third kappa shape index (κ3) is 1.40. The Bertz CT molecular complexity index is 682. The number of hydrogen-bond acceptors (Lipinski definition) is 5. The van der Waals surface area contributed by atoms with Gasteiger partial charge in [0.15, 0.2) is 0 Å². The maximum atomic E-state index is 12.3. The largest absolute Gasteiger partial charge is 0.398 e.